The Kier molecular flexibility index (Phi) is 4.26. The third-order valence-electron chi connectivity index (χ3n) is 2.77. The van der Waals surface area contributed by atoms with Crippen LogP contribution in [0, 0.1) is 17.0 Å². The first-order valence-corrected chi connectivity index (χ1v) is 5.09. The van der Waals surface area contributed by atoms with Crippen molar-refractivity contribution < 1.29 is 4.92 Å². The van der Waals surface area contributed by atoms with E-state index in [4.69, 9.17) is 0 Å². The lowest BCUT2D eigenvalue weighted by atomic mass is 10.1. The Morgan fingerprint density at radius 3 is 2.69 bits per heavy atom. The fraction of sp³-hybridized carbons (Fsp3) is 0.667. The summed E-state index contributed by atoms with van der Waals surface area (Å²) in [6.45, 7) is 3.59. The average molecular weight is 247 g/mol. The number of halogens is 1. The third kappa shape index (κ3) is 2.51. The van der Waals surface area contributed by atoms with Gasteiger partial charge in [0.25, 0.3) is 0 Å². The van der Waals surface area contributed by atoms with E-state index in [1.165, 1.54) is 0 Å². The lowest BCUT2D eigenvalue weighted by molar-refractivity contribution is -0.385. The lowest BCUT2D eigenvalue weighted by Crippen LogP contribution is -2.29. The maximum absolute atomic E-state index is 10.7. The summed E-state index contributed by atoms with van der Waals surface area (Å²) in [5, 5.41) is 18.1. The Morgan fingerprint density at radius 2 is 2.19 bits per heavy atom. The minimum absolute atomic E-state index is 0. The minimum Gasteiger partial charge on any atom is -0.317 e. The predicted octanol–water partition coefficient (Wildman–Crippen LogP) is 1.45. The Hall–Kier alpha value is -1.14. The zero-order valence-corrected chi connectivity index (χ0v) is 9.87. The van der Waals surface area contributed by atoms with E-state index in [1.807, 2.05) is 0 Å². The highest BCUT2D eigenvalue weighted by Gasteiger charge is 2.21. The molecule has 2 rings (SSSR count). The molecule has 1 aromatic heterocycles. The topological polar surface area (TPSA) is 73.0 Å². The van der Waals surface area contributed by atoms with Gasteiger partial charge < -0.3 is 5.32 Å². The number of nitrogens with one attached hydrogen (secondary N) is 1. The summed E-state index contributed by atoms with van der Waals surface area (Å²) in [6, 6.07) is 0.304. The summed E-state index contributed by atoms with van der Waals surface area (Å²) in [7, 11) is 0. The second-order valence-electron chi connectivity index (χ2n) is 3.82. The fourth-order valence-corrected chi connectivity index (χ4v) is 1.91. The van der Waals surface area contributed by atoms with Crippen molar-refractivity contribution in [1.29, 1.82) is 0 Å². The summed E-state index contributed by atoms with van der Waals surface area (Å²) in [4.78, 5) is 10.3. The molecule has 1 aliphatic rings. The van der Waals surface area contributed by atoms with E-state index < -0.39 is 0 Å². The summed E-state index contributed by atoms with van der Waals surface area (Å²) in [5.74, 6) is 0. The first-order valence-electron chi connectivity index (χ1n) is 5.09. The molecule has 0 amide bonds. The van der Waals surface area contributed by atoms with Crippen molar-refractivity contribution >= 4 is 18.1 Å². The van der Waals surface area contributed by atoms with Crippen LogP contribution >= 0.6 is 12.4 Å². The highest BCUT2D eigenvalue weighted by Crippen LogP contribution is 2.22. The molecule has 0 aliphatic carbocycles. The third-order valence-corrected chi connectivity index (χ3v) is 2.77. The molecule has 1 fully saturated rings. The number of piperidine rings is 1. The largest absolute Gasteiger partial charge is 0.317 e. The van der Waals surface area contributed by atoms with Crippen molar-refractivity contribution in [3.8, 4) is 0 Å². The molecule has 0 atom stereocenters. The van der Waals surface area contributed by atoms with Crippen LogP contribution in [0.4, 0.5) is 5.69 Å². The molecule has 90 valence electrons. The summed E-state index contributed by atoms with van der Waals surface area (Å²) in [6.07, 6.45) is 3.52. The molecule has 0 bridgehead atoms. The van der Waals surface area contributed by atoms with Crippen molar-refractivity contribution in [2.24, 2.45) is 0 Å². The molecule has 1 aliphatic heterocycles. The number of rotatable bonds is 2. The van der Waals surface area contributed by atoms with Crippen molar-refractivity contribution in [3.05, 3.63) is 22.0 Å². The Bertz CT molecular complexity index is 374. The smallest absolute Gasteiger partial charge is 0.309 e. The molecule has 7 heteroatoms. The normalized spacial score (nSPS) is 16.8. The van der Waals surface area contributed by atoms with Gasteiger partial charge in [0.15, 0.2) is 0 Å². The average Bonchev–Trinajstić information content (AvgIpc) is 2.62. The highest BCUT2D eigenvalue weighted by atomic mass is 35.5. The van der Waals surface area contributed by atoms with Gasteiger partial charge >= 0.3 is 5.69 Å². The Balaban J connectivity index is 0.00000128. The van der Waals surface area contributed by atoms with Crippen LogP contribution in [0.5, 0.6) is 0 Å². The standard InChI is InChI=1S/C9H14N4O2.ClH/c1-7-9(13(14)15)6-12(11-7)8-2-4-10-5-3-8;/h6,8,10H,2-5H2,1H3;1H. The van der Waals surface area contributed by atoms with Crippen molar-refractivity contribution in [2.45, 2.75) is 25.8 Å². The second kappa shape index (κ2) is 5.27. The van der Waals surface area contributed by atoms with E-state index in [-0.39, 0.29) is 23.0 Å². The number of aryl methyl sites for hydroxylation is 1. The molecule has 6 nitrogen and oxygen atoms in total. The lowest BCUT2D eigenvalue weighted by Gasteiger charge is -2.22. The number of nitrogens with zero attached hydrogens (tertiary/aromatic N) is 3. The van der Waals surface area contributed by atoms with Crippen LogP contribution < -0.4 is 5.32 Å². The monoisotopic (exact) mass is 246 g/mol. The van der Waals surface area contributed by atoms with Crippen LogP contribution in [-0.4, -0.2) is 27.8 Å². The van der Waals surface area contributed by atoms with Gasteiger partial charge in [-0.1, -0.05) is 0 Å². The number of aromatic nitrogens is 2. The van der Waals surface area contributed by atoms with Crippen molar-refractivity contribution in [2.75, 3.05) is 13.1 Å². The summed E-state index contributed by atoms with van der Waals surface area (Å²) >= 11 is 0. The van der Waals surface area contributed by atoms with Crippen molar-refractivity contribution in [3.63, 3.8) is 0 Å². The van der Waals surface area contributed by atoms with Gasteiger partial charge in [-0.15, -0.1) is 12.4 Å². The minimum atomic E-state index is -0.375. The van der Waals surface area contributed by atoms with E-state index in [0.29, 0.717) is 11.7 Å². The maximum Gasteiger partial charge on any atom is 0.309 e. The van der Waals surface area contributed by atoms with Gasteiger partial charge in [0.2, 0.25) is 0 Å². The molecule has 16 heavy (non-hydrogen) atoms. The molecular weight excluding hydrogens is 232 g/mol. The number of nitro groups is 1. The van der Waals surface area contributed by atoms with Gasteiger partial charge in [-0.3, -0.25) is 14.8 Å². The molecule has 1 saturated heterocycles. The molecule has 1 N–H and O–H groups in total. The number of hydrogen-bond acceptors (Lipinski definition) is 4. The SMILES string of the molecule is Cc1nn(C2CCNCC2)cc1[N+](=O)[O-].Cl. The quantitative estimate of drug-likeness (QED) is 0.633. The Morgan fingerprint density at radius 1 is 1.56 bits per heavy atom. The molecule has 0 unspecified atom stereocenters. The van der Waals surface area contributed by atoms with Gasteiger partial charge in [-0.25, -0.2) is 0 Å². The van der Waals surface area contributed by atoms with E-state index in [1.54, 1.807) is 17.8 Å². The fourth-order valence-electron chi connectivity index (χ4n) is 1.91. The van der Waals surface area contributed by atoms with Crippen molar-refractivity contribution in [1.82, 2.24) is 15.1 Å². The van der Waals surface area contributed by atoms with Gasteiger partial charge in [-0.05, 0) is 32.9 Å². The summed E-state index contributed by atoms with van der Waals surface area (Å²) < 4.78 is 1.74. The molecule has 1 aromatic rings. The van der Waals surface area contributed by atoms with Crippen LogP contribution in [0.25, 0.3) is 0 Å². The van der Waals surface area contributed by atoms with E-state index in [0.717, 1.165) is 25.9 Å². The zero-order valence-electron chi connectivity index (χ0n) is 9.05. The first kappa shape index (κ1) is 12.9. The predicted molar refractivity (Wildman–Crippen MR) is 62.0 cm³/mol. The van der Waals surface area contributed by atoms with E-state index >= 15 is 0 Å². The van der Waals surface area contributed by atoms with Gasteiger partial charge in [0.1, 0.15) is 11.9 Å². The molecule has 0 spiro atoms. The van der Waals surface area contributed by atoms with Gasteiger partial charge in [-0.2, -0.15) is 5.10 Å². The molecule has 2 heterocycles. The number of hydrogen-bond donors (Lipinski definition) is 1. The molecule has 0 radical (unpaired) electrons. The summed E-state index contributed by atoms with van der Waals surface area (Å²) in [5.41, 5.74) is 0.618. The molecule has 0 aromatic carbocycles. The zero-order chi connectivity index (χ0) is 10.8. The van der Waals surface area contributed by atoms with Crippen LogP contribution in [-0.2, 0) is 0 Å². The maximum atomic E-state index is 10.7. The highest BCUT2D eigenvalue weighted by molar-refractivity contribution is 5.85. The first-order chi connectivity index (χ1) is 7.18. The van der Waals surface area contributed by atoms with Crippen LogP contribution in [0.2, 0.25) is 0 Å². The van der Waals surface area contributed by atoms with Gasteiger partial charge in [0.05, 0.1) is 11.0 Å². The Labute approximate surface area is 99.6 Å². The van der Waals surface area contributed by atoms with Gasteiger partial charge in [0, 0.05) is 0 Å². The van der Waals surface area contributed by atoms with E-state index in [9.17, 15) is 10.1 Å². The van der Waals surface area contributed by atoms with Crippen LogP contribution in [0.15, 0.2) is 6.20 Å². The molecule has 0 saturated carbocycles. The van der Waals surface area contributed by atoms with E-state index in [2.05, 4.69) is 10.4 Å². The molecular formula is C9H15ClN4O2. The second-order valence-corrected chi connectivity index (χ2v) is 3.82. The van der Waals surface area contributed by atoms with Crippen LogP contribution in [0.3, 0.4) is 0 Å². The van der Waals surface area contributed by atoms with Crippen LogP contribution in [0.1, 0.15) is 24.6 Å².